The number of hydrogen-bond acceptors (Lipinski definition) is 3. The molecular weight excluding hydrogens is 166 g/mol. The molecule has 0 fully saturated rings. The first-order valence-electron chi connectivity index (χ1n) is 4.21. The summed E-state index contributed by atoms with van der Waals surface area (Å²) in [4.78, 5) is 14.9. The summed E-state index contributed by atoms with van der Waals surface area (Å²) in [6, 6.07) is 0. The highest BCUT2D eigenvalue weighted by Crippen LogP contribution is 2.17. The SMILES string of the molecule is COC(=O)/C=C(\C)C1=CN=CCC1. The van der Waals surface area contributed by atoms with Crippen molar-refractivity contribution in [1.29, 1.82) is 0 Å². The van der Waals surface area contributed by atoms with Gasteiger partial charge in [0, 0.05) is 18.5 Å². The molecule has 0 spiro atoms. The largest absolute Gasteiger partial charge is 0.466 e. The molecule has 1 rings (SSSR count). The fourth-order valence-corrected chi connectivity index (χ4v) is 1.13. The van der Waals surface area contributed by atoms with Crippen LogP contribution in [-0.4, -0.2) is 19.3 Å². The van der Waals surface area contributed by atoms with E-state index in [1.165, 1.54) is 13.2 Å². The molecule has 3 heteroatoms. The van der Waals surface area contributed by atoms with Gasteiger partial charge in [0.2, 0.25) is 0 Å². The van der Waals surface area contributed by atoms with E-state index >= 15 is 0 Å². The lowest BCUT2D eigenvalue weighted by Crippen LogP contribution is -1.99. The molecule has 0 aromatic heterocycles. The second-order valence-electron chi connectivity index (χ2n) is 2.88. The van der Waals surface area contributed by atoms with Crippen LogP contribution >= 0.6 is 0 Å². The summed E-state index contributed by atoms with van der Waals surface area (Å²) in [5, 5.41) is 0. The van der Waals surface area contributed by atoms with E-state index < -0.39 is 0 Å². The van der Waals surface area contributed by atoms with Crippen molar-refractivity contribution in [3.63, 3.8) is 0 Å². The summed E-state index contributed by atoms with van der Waals surface area (Å²) in [6.45, 7) is 1.89. The van der Waals surface area contributed by atoms with E-state index in [0.29, 0.717) is 0 Å². The van der Waals surface area contributed by atoms with Gasteiger partial charge < -0.3 is 4.74 Å². The molecule has 0 bridgehead atoms. The van der Waals surface area contributed by atoms with Gasteiger partial charge in [0.05, 0.1) is 7.11 Å². The highest BCUT2D eigenvalue weighted by molar-refractivity contribution is 5.83. The minimum atomic E-state index is -0.312. The molecule has 13 heavy (non-hydrogen) atoms. The van der Waals surface area contributed by atoms with Crippen molar-refractivity contribution in [2.45, 2.75) is 19.8 Å². The molecule has 0 saturated carbocycles. The Morgan fingerprint density at radius 1 is 1.69 bits per heavy atom. The summed E-state index contributed by atoms with van der Waals surface area (Å²) >= 11 is 0. The highest BCUT2D eigenvalue weighted by Gasteiger charge is 2.04. The van der Waals surface area contributed by atoms with Crippen molar-refractivity contribution < 1.29 is 9.53 Å². The zero-order chi connectivity index (χ0) is 9.68. The Hall–Kier alpha value is -1.38. The first-order chi connectivity index (χ1) is 6.24. The molecule has 0 aromatic rings. The standard InChI is InChI=1S/C10H13NO2/c1-8(6-10(12)13-2)9-4-3-5-11-7-9/h5-7H,3-4H2,1-2H3/b8-6+. The third-order valence-electron chi connectivity index (χ3n) is 1.92. The first-order valence-corrected chi connectivity index (χ1v) is 4.21. The number of allylic oxidation sites excluding steroid dienone is 2. The number of nitrogens with zero attached hydrogens (tertiary/aromatic N) is 1. The van der Waals surface area contributed by atoms with Crippen molar-refractivity contribution in [1.82, 2.24) is 0 Å². The van der Waals surface area contributed by atoms with Gasteiger partial charge in [-0.15, -0.1) is 0 Å². The molecule has 0 N–H and O–H groups in total. The Morgan fingerprint density at radius 3 is 3.00 bits per heavy atom. The molecule has 0 unspecified atom stereocenters. The minimum absolute atomic E-state index is 0.312. The molecule has 0 atom stereocenters. The highest BCUT2D eigenvalue weighted by atomic mass is 16.5. The molecule has 1 aliphatic rings. The van der Waals surface area contributed by atoms with Crippen molar-refractivity contribution in [3.05, 3.63) is 23.4 Å². The molecule has 1 heterocycles. The Balaban J connectivity index is 2.71. The zero-order valence-electron chi connectivity index (χ0n) is 7.91. The van der Waals surface area contributed by atoms with E-state index in [1.54, 1.807) is 6.20 Å². The Morgan fingerprint density at radius 2 is 2.46 bits per heavy atom. The second kappa shape index (κ2) is 4.60. The molecular formula is C10H13NO2. The summed E-state index contributed by atoms with van der Waals surface area (Å²) in [6.07, 6.45) is 7.04. The van der Waals surface area contributed by atoms with Crippen LogP contribution in [0, 0.1) is 0 Å². The minimum Gasteiger partial charge on any atom is -0.466 e. The molecule has 0 amide bonds. The molecule has 1 aliphatic heterocycles. The number of esters is 1. The van der Waals surface area contributed by atoms with Crippen LogP contribution in [0.25, 0.3) is 0 Å². The van der Waals surface area contributed by atoms with E-state index in [4.69, 9.17) is 0 Å². The van der Waals surface area contributed by atoms with E-state index in [2.05, 4.69) is 9.73 Å². The van der Waals surface area contributed by atoms with Gasteiger partial charge in [-0.05, 0) is 30.9 Å². The maximum Gasteiger partial charge on any atom is 0.330 e. The van der Waals surface area contributed by atoms with Crippen LogP contribution in [0.15, 0.2) is 28.4 Å². The molecule has 0 saturated heterocycles. The number of ether oxygens (including phenoxy) is 1. The molecule has 0 aliphatic carbocycles. The van der Waals surface area contributed by atoms with Crippen LogP contribution in [0.5, 0.6) is 0 Å². The average molecular weight is 179 g/mol. The number of rotatable bonds is 2. The van der Waals surface area contributed by atoms with Gasteiger partial charge in [-0.1, -0.05) is 0 Å². The predicted octanol–water partition coefficient (Wildman–Crippen LogP) is 1.85. The maximum atomic E-state index is 10.9. The summed E-state index contributed by atoms with van der Waals surface area (Å²) < 4.78 is 4.53. The van der Waals surface area contributed by atoms with Crippen LogP contribution in [0.2, 0.25) is 0 Å². The number of carbonyl (C=O) groups excluding carboxylic acids is 1. The van der Waals surface area contributed by atoms with Gasteiger partial charge in [-0.3, -0.25) is 4.99 Å². The first kappa shape index (κ1) is 9.71. The smallest absolute Gasteiger partial charge is 0.330 e. The van der Waals surface area contributed by atoms with Gasteiger partial charge >= 0.3 is 5.97 Å². The lowest BCUT2D eigenvalue weighted by Gasteiger charge is -2.07. The third kappa shape index (κ3) is 2.86. The van der Waals surface area contributed by atoms with Crippen LogP contribution in [0.3, 0.4) is 0 Å². The van der Waals surface area contributed by atoms with Gasteiger partial charge in [-0.2, -0.15) is 0 Å². The monoisotopic (exact) mass is 179 g/mol. The zero-order valence-corrected chi connectivity index (χ0v) is 7.91. The molecule has 3 nitrogen and oxygen atoms in total. The lowest BCUT2D eigenvalue weighted by atomic mass is 10.0. The van der Waals surface area contributed by atoms with Crippen LogP contribution in [0.1, 0.15) is 19.8 Å². The Kier molecular flexibility index (Phi) is 3.43. The summed E-state index contributed by atoms with van der Waals surface area (Å²) in [5.41, 5.74) is 2.04. The topological polar surface area (TPSA) is 38.7 Å². The maximum absolute atomic E-state index is 10.9. The number of carbonyl (C=O) groups is 1. The van der Waals surface area contributed by atoms with Crippen LogP contribution in [-0.2, 0) is 9.53 Å². The number of aliphatic imine (C=N–C) groups is 1. The fourth-order valence-electron chi connectivity index (χ4n) is 1.13. The molecule has 70 valence electrons. The second-order valence-corrected chi connectivity index (χ2v) is 2.88. The Bertz CT molecular complexity index is 287. The normalized spacial score (nSPS) is 16.8. The quantitative estimate of drug-likeness (QED) is 0.479. The van der Waals surface area contributed by atoms with Gasteiger partial charge in [0.25, 0.3) is 0 Å². The van der Waals surface area contributed by atoms with Gasteiger partial charge in [0.1, 0.15) is 0 Å². The van der Waals surface area contributed by atoms with E-state index in [0.717, 1.165) is 24.0 Å². The third-order valence-corrected chi connectivity index (χ3v) is 1.92. The average Bonchev–Trinajstić information content (AvgIpc) is 2.19. The molecule has 0 radical (unpaired) electrons. The van der Waals surface area contributed by atoms with Crippen LogP contribution < -0.4 is 0 Å². The Labute approximate surface area is 77.8 Å². The van der Waals surface area contributed by atoms with Crippen molar-refractivity contribution in [2.24, 2.45) is 4.99 Å². The predicted molar refractivity (Wildman–Crippen MR) is 51.6 cm³/mol. The number of hydrogen-bond donors (Lipinski definition) is 0. The van der Waals surface area contributed by atoms with Crippen molar-refractivity contribution in [3.8, 4) is 0 Å². The van der Waals surface area contributed by atoms with Crippen molar-refractivity contribution >= 4 is 12.2 Å². The number of methoxy groups -OCH3 is 1. The molecule has 0 aromatic carbocycles. The van der Waals surface area contributed by atoms with E-state index in [1.807, 2.05) is 13.1 Å². The van der Waals surface area contributed by atoms with E-state index in [-0.39, 0.29) is 5.97 Å². The van der Waals surface area contributed by atoms with E-state index in [9.17, 15) is 4.79 Å². The summed E-state index contributed by atoms with van der Waals surface area (Å²) in [5.74, 6) is -0.312. The lowest BCUT2D eigenvalue weighted by molar-refractivity contribution is -0.134. The van der Waals surface area contributed by atoms with Crippen LogP contribution in [0.4, 0.5) is 0 Å². The van der Waals surface area contributed by atoms with Crippen molar-refractivity contribution in [2.75, 3.05) is 7.11 Å². The van der Waals surface area contributed by atoms with Gasteiger partial charge in [0.15, 0.2) is 0 Å². The summed E-state index contributed by atoms with van der Waals surface area (Å²) in [7, 11) is 1.37. The fraction of sp³-hybridized carbons (Fsp3) is 0.400. The van der Waals surface area contributed by atoms with Gasteiger partial charge in [-0.25, -0.2) is 4.79 Å².